The molecular weight excluding hydrogens is 284 g/mol. The van der Waals surface area contributed by atoms with Crippen LogP contribution in [0.4, 0.5) is 0 Å². The number of carbonyl (C=O) groups excluding carboxylic acids is 1. The number of carbonyl (C=O) groups is 1. The fourth-order valence-corrected chi connectivity index (χ4v) is 3.76. The van der Waals surface area contributed by atoms with Crippen LogP contribution in [0.1, 0.15) is 20.8 Å². The Morgan fingerprint density at radius 1 is 1.42 bits per heavy atom. The van der Waals surface area contributed by atoms with E-state index in [0.29, 0.717) is 6.54 Å². The van der Waals surface area contributed by atoms with Gasteiger partial charge in [-0.05, 0) is 5.41 Å². The summed E-state index contributed by atoms with van der Waals surface area (Å²) in [7, 11) is -1.87. The highest BCUT2D eigenvalue weighted by Crippen LogP contribution is 2.30. The van der Waals surface area contributed by atoms with Crippen molar-refractivity contribution in [3.05, 3.63) is 0 Å². The average molecular weight is 308 g/mol. The first-order chi connectivity index (χ1) is 8.53. The number of rotatable bonds is 3. The molecule has 5 nitrogen and oxygen atoms in total. The monoisotopic (exact) mass is 308 g/mol. The zero-order chi connectivity index (χ0) is 14.8. The molecule has 0 aliphatic carbocycles. The van der Waals surface area contributed by atoms with Crippen LogP contribution in [0.3, 0.4) is 0 Å². The lowest BCUT2D eigenvalue weighted by Gasteiger charge is -2.43. The van der Waals surface area contributed by atoms with E-state index in [4.69, 9.17) is 0 Å². The third-order valence-electron chi connectivity index (χ3n) is 3.37. The molecule has 0 saturated carbocycles. The van der Waals surface area contributed by atoms with Crippen molar-refractivity contribution >= 4 is 27.7 Å². The first kappa shape index (κ1) is 16.8. The van der Waals surface area contributed by atoms with Crippen LogP contribution in [0, 0.1) is 5.41 Å². The average Bonchev–Trinajstić information content (AvgIpc) is 2.26. The Hall–Kier alpha value is -0.270. The summed E-state index contributed by atoms with van der Waals surface area (Å²) in [5.41, 5.74) is 0.00669. The minimum Gasteiger partial charge on any atom is -0.336 e. The second kappa shape index (κ2) is 6.01. The fourth-order valence-electron chi connectivity index (χ4n) is 2.02. The van der Waals surface area contributed by atoms with E-state index >= 15 is 0 Å². The van der Waals surface area contributed by atoms with Crippen molar-refractivity contribution in [3.63, 3.8) is 0 Å². The molecule has 1 aliphatic rings. The zero-order valence-corrected chi connectivity index (χ0v) is 14.0. The second-order valence-corrected chi connectivity index (χ2v) is 9.30. The van der Waals surface area contributed by atoms with Gasteiger partial charge in [-0.3, -0.25) is 4.79 Å². The minimum atomic E-state index is -3.31. The first-order valence-electron chi connectivity index (χ1n) is 6.32. The normalized spacial score (nSPS) is 21.8. The summed E-state index contributed by atoms with van der Waals surface area (Å²) < 4.78 is 23.9. The Kier molecular flexibility index (Phi) is 5.31. The van der Waals surface area contributed by atoms with Gasteiger partial charge in [0.15, 0.2) is 0 Å². The van der Waals surface area contributed by atoms with Gasteiger partial charge >= 0.3 is 0 Å². The molecule has 1 amide bonds. The van der Waals surface area contributed by atoms with Crippen molar-refractivity contribution in [2.75, 3.05) is 37.9 Å². The maximum absolute atomic E-state index is 12.3. The third-order valence-corrected chi connectivity index (χ3v) is 5.66. The van der Waals surface area contributed by atoms with Gasteiger partial charge < -0.3 is 4.90 Å². The molecule has 19 heavy (non-hydrogen) atoms. The van der Waals surface area contributed by atoms with Gasteiger partial charge in [0.1, 0.15) is 0 Å². The molecule has 1 aliphatic heterocycles. The lowest BCUT2D eigenvalue weighted by atomic mass is 9.86. The van der Waals surface area contributed by atoms with E-state index in [9.17, 15) is 13.2 Å². The lowest BCUT2D eigenvalue weighted by Crippen LogP contribution is -2.54. The van der Waals surface area contributed by atoms with Crippen LogP contribution in [0.5, 0.6) is 0 Å². The van der Waals surface area contributed by atoms with E-state index in [-0.39, 0.29) is 23.9 Å². The summed E-state index contributed by atoms with van der Waals surface area (Å²) in [5, 5.41) is 0. The van der Waals surface area contributed by atoms with Gasteiger partial charge in [-0.25, -0.2) is 8.42 Å². The maximum atomic E-state index is 12.3. The molecule has 0 aromatic heterocycles. The smallest absolute Gasteiger partial charge is 0.238 e. The molecule has 7 heteroatoms. The van der Waals surface area contributed by atoms with Gasteiger partial charge in [-0.2, -0.15) is 16.1 Å². The Morgan fingerprint density at radius 2 is 2.00 bits per heavy atom. The highest BCUT2D eigenvalue weighted by Gasteiger charge is 2.36. The maximum Gasteiger partial charge on any atom is 0.238 e. The van der Waals surface area contributed by atoms with Crippen molar-refractivity contribution < 1.29 is 13.2 Å². The third kappa shape index (κ3) is 4.65. The fraction of sp³-hybridized carbons (Fsp3) is 0.917. The molecule has 0 bridgehead atoms. The number of hydrogen-bond donors (Lipinski definition) is 0. The molecule has 0 spiro atoms. The summed E-state index contributed by atoms with van der Waals surface area (Å²) in [6.07, 6.45) is 1.12. The lowest BCUT2D eigenvalue weighted by molar-refractivity contribution is -0.135. The van der Waals surface area contributed by atoms with Crippen molar-refractivity contribution in [2.45, 2.75) is 26.8 Å². The molecule has 1 unspecified atom stereocenters. The molecule has 1 heterocycles. The van der Waals surface area contributed by atoms with E-state index in [1.165, 1.54) is 7.05 Å². The Bertz CT molecular complexity index is 429. The molecule has 0 aromatic carbocycles. The van der Waals surface area contributed by atoms with Crippen molar-refractivity contribution in [3.8, 4) is 0 Å². The summed E-state index contributed by atoms with van der Waals surface area (Å²) in [5.74, 6) is 1.73. The minimum absolute atomic E-state index is 0.00669. The predicted octanol–water partition coefficient (Wildman–Crippen LogP) is 0.868. The Morgan fingerprint density at radius 3 is 2.47 bits per heavy atom. The van der Waals surface area contributed by atoms with Gasteiger partial charge in [-0.1, -0.05) is 20.8 Å². The second-order valence-electron chi connectivity index (χ2n) is 6.06. The first-order valence-corrected chi connectivity index (χ1v) is 9.32. The van der Waals surface area contributed by atoms with E-state index in [0.717, 1.165) is 22.1 Å². The summed E-state index contributed by atoms with van der Waals surface area (Å²) in [4.78, 5) is 14.2. The van der Waals surface area contributed by atoms with E-state index in [1.807, 2.05) is 16.7 Å². The predicted molar refractivity (Wildman–Crippen MR) is 79.8 cm³/mol. The number of likely N-dealkylation sites (N-methyl/N-ethyl adjacent to an activating group) is 1. The van der Waals surface area contributed by atoms with Gasteiger partial charge in [0, 0.05) is 31.1 Å². The quantitative estimate of drug-likeness (QED) is 0.776. The summed E-state index contributed by atoms with van der Waals surface area (Å²) in [6.45, 7) is 6.97. The van der Waals surface area contributed by atoms with E-state index in [2.05, 4.69) is 20.8 Å². The SMILES string of the molecule is CN(CC(=O)N1CCSCC1C(C)(C)C)S(C)(=O)=O. The van der Waals surface area contributed by atoms with Crippen LogP contribution in [-0.2, 0) is 14.8 Å². The highest BCUT2D eigenvalue weighted by molar-refractivity contribution is 7.99. The highest BCUT2D eigenvalue weighted by atomic mass is 32.2. The topological polar surface area (TPSA) is 57.7 Å². The Balaban J connectivity index is 2.79. The van der Waals surface area contributed by atoms with Crippen molar-refractivity contribution in [1.29, 1.82) is 0 Å². The molecule has 0 radical (unpaired) electrons. The molecular formula is C12H24N2O3S2. The molecule has 0 aromatic rings. The number of thioether (sulfide) groups is 1. The molecule has 1 saturated heterocycles. The molecule has 1 atom stereocenters. The molecule has 1 fully saturated rings. The zero-order valence-electron chi connectivity index (χ0n) is 12.3. The van der Waals surface area contributed by atoms with E-state index in [1.54, 1.807) is 0 Å². The van der Waals surface area contributed by atoms with Gasteiger partial charge in [0.2, 0.25) is 15.9 Å². The van der Waals surface area contributed by atoms with Gasteiger partial charge in [-0.15, -0.1) is 0 Å². The summed E-state index contributed by atoms with van der Waals surface area (Å²) >= 11 is 1.85. The molecule has 0 N–H and O–H groups in total. The van der Waals surface area contributed by atoms with Crippen LogP contribution >= 0.6 is 11.8 Å². The number of hydrogen-bond acceptors (Lipinski definition) is 4. The van der Waals surface area contributed by atoms with Gasteiger partial charge in [0.25, 0.3) is 0 Å². The van der Waals surface area contributed by atoms with Crippen LogP contribution in [0.25, 0.3) is 0 Å². The van der Waals surface area contributed by atoms with Crippen molar-refractivity contribution in [2.24, 2.45) is 5.41 Å². The van der Waals surface area contributed by atoms with Crippen LogP contribution < -0.4 is 0 Å². The van der Waals surface area contributed by atoms with Crippen LogP contribution in [-0.4, -0.2) is 67.5 Å². The summed E-state index contributed by atoms with van der Waals surface area (Å²) in [6, 6.07) is 0.159. The van der Waals surface area contributed by atoms with Crippen LogP contribution in [0.15, 0.2) is 0 Å². The Labute approximate surface area is 120 Å². The largest absolute Gasteiger partial charge is 0.336 e. The number of nitrogens with zero attached hydrogens (tertiary/aromatic N) is 2. The standard InChI is InChI=1S/C12H24N2O3S2/c1-12(2,3)10-9-18-7-6-14(10)11(15)8-13(4)19(5,16)17/h10H,6-9H2,1-5H3. The number of sulfonamides is 1. The van der Waals surface area contributed by atoms with Crippen LogP contribution in [0.2, 0.25) is 0 Å². The molecule has 112 valence electrons. The van der Waals surface area contributed by atoms with Crippen molar-refractivity contribution in [1.82, 2.24) is 9.21 Å². The van der Waals surface area contributed by atoms with Gasteiger partial charge in [0.05, 0.1) is 12.8 Å². The molecule has 1 rings (SSSR count). The number of amides is 1. The van der Waals surface area contributed by atoms with E-state index < -0.39 is 10.0 Å².